The molecule has 0 spiro atoms. The SMILES string of the molecule is O=C(C1CC1)N1CCCC1c1nc(-c2cccnc2)cc(=O)[nH]1. The molecule has 4 rings (SSSR count). The first-order chi connectivity index (χ1) is 11.2. The Kier molecular flexibility index (Phi) is 3.44. The number of H-pyrrole nitrogens is 1. The molecule has 6 nitrogen and oxygen atoms in total. The molecule has 1 unspecified atom stereocenters. The van der Waals surface area contributed by atoms with Crippen LogP contribution in [-0.2, 0) is 4.79 Å². The van der Waals surface area contributed by atoms with Crippen LogP contribution in [0.2, 0.25) is 0 Å². The van der Waals surface area contributed by atoms with Crippen molar-refractivity contribution in [2.24, 2.45) is 5.92 Å². The summed E-state index contributed by atoms with van der Waals surface area (Å²) in [5.41, 5.74) is 1.21. The van der Waals surface area contributed by atoms with E-state index in [1.165, 1.54) is 6.07 Å². The second-order valence-electron chi connectivity index (χ2n) is 6.22. The third-order valence-electron chi connectivity index (χ3n) is 4.50. The van der Waals surface area contributed by atoms with Crippen LogP contribution >= 0.6 is 0 Å². The fourth-order valence-corrected chi connectivity index (χ4v) is 3.18. The lowest BCUT2D eigenvalue weighted by Gasteiger charge is -2.24. The Morgan fingerprint density at radius 3 is 2.91 bits per heavy atom. The molecule has 1 saturated heterocycles. The Morgan fingerprint density at radius 2 is 2.17 bits per heavy atom. The molecular formula is C17H18N4O2. The van der Waals surface area contributed by atoms with E-state index < -0.39 is 0 Å². The molecule has 1 aliphatic heterocycles. The highest BCUT2D eigenvalue weighted by Crippen LogP contribution is 2.37. The monoisotopic (exact) mass is 310 g/mol. The molecule has 0 bridgehead atoms. The molecule has 1 aliphatic carbocycles. The molecule has 1 atom stereocenters. The summed E-state index contributed by atoms with van der Waals surface area (Å²) >= 11 is 0. The van der Waals surface area contributed by atoms with Gasteiger partial charge in [-0.15, -0.1) is 0 Å². The Labute approximate surface area is 133 Å². The van der Waals surface area contributed by atoms with Crippen molar-refractivity contribution in [3.63, 3.8) is 0 Å². The summed E-state index contributed by atoms with van der Waals surface area (Å²) in [5.74, 6) is 0.980. The minimum Gasteiger partial charge on any atom is -0.332 e. The molecule has 2 aromatic heterocycles. The average Bonchev–Trinajstić information content (AvgIpc) is 3.31. The highest BCUT2D eigenvalue weighted by Gasteiger charge is 2.39. The molecule has 1 saturated carbocycles. The smallest absolute Gasteiger partial charge is 0.251 e. The first kappa shape index (κ1) is 14.1. The maximum Gasteiger partial charge on any atom is 0.251 e. The quantitative estimate of drug-likeness (QED) is 0.939. The van der Waals surface area contributed by atoms with Gasteiger partial charge in [-0.1, -0.05) is 0 Å². The van der Waals surface area contributed by atoms with E-state index in [4.69, 9.17) is 0 Å². The van der Waals surface area contributed by atoms with Gasteiger partial charge in [0.2, 0.25) is 5.91 Å². The Hall–Kier alpha value is -2.50. The fourth-order valence-electron chi connectivity index (χ4n) is 3.18. The molecule has 1 N–H and O–H groups in total. The molecule has 23 heavy (non-hydrogen) atoms. The summed E-state index contributed by atoms with van der Waals surface area (Å²) in [5, 5.41) is 0. The molecule has 118 valence electrons. The Balaban J connectivity index is 1.69. The minimum absolute atomic E-state index is 0.118. The standard InChI is InChI=1S/C17H18N4O2/c22-15-9-13(12-3-1-7-18-10-12)19-16(20-15)14-4-2-8-21(14)17(23)11-5-6-11/h1,3,7,9-11,14H,2,4-6,8H2,(H,19,20,22). The van der Waals surface area contributed by atoms with Gasteiger partial charge in [0.25, 0.3) is 5.56 Å². The summed E-state index contributed by atoms with van der Waals surface area (Å²) in [6.07, 6.45) is 7.14. The molecule has 3 heterocycles. The van der Waals surface area contributed by atoms with Crippen LogP contribution in [0.15, 0.2) is 35.4 Å². The van der Waals surface area contributed by atoms with Crippen molar-refractivity contribution in [3.05, 3.63) is 46.8 Å². The number of amides is 1. The van der Waals surface area contributed by atoms with Gasteiger partial charge in [0.1, 0.15) is 5.82 Å². The van der Waals surface area contributed by atoms with E-state index in [-0.39, 0.29) is 23.4 Å². The van der Waals surface area contributed by atoms with Gasteiger partial charge in [0, 0.05) is 36.5 Å². The molecule has 6 heteroatoms. The van der Waals surface area contributed by atoms with Crippen LogP contribution in [0.4, 0.5) is 0 Å². The number of hydrogen-bond donors (Lipinski definition) is 1. The lowest BCUT2D eigenvalue weighted by atomic mass is 10.1. The number of nitrogens with zero attached hydrogens (tertiary/aromatic N) is 3. The van der Waals surface area contributed by atoms with Crippen LogP contribution < -0.4 is 5.56 Å². The summed E-state index contributed by atoms with van der Waals surface area (Å²) in [7, 11) is 0. The molecular weight excluding hydrogens is 292 g/mol. The van der Waals surface area contributed by atoms with Gasteiger partial charge < -0.3 is 9.88 Å². The molecule has 0 aromatic carbocycles. The zero-order chi connectivity index (χ0) is 15.8. The van der Waals surface area contributed by atoms with Gasteiger partial charge in [-0.2, -0.15) is 0 Å². The van der Waals surface area contributed by atoms with Crippen LogP contribution in [0.25, 0.3) is 11.3 Å². The molecule has 2 aliphatic rings. The predicted octanol–water partition coefficient (Wildman–Crippen LogP) is 1.91. The topological polar surface area (TPSA) is 79.0 Å². The van der Waals surface area contributed by atoms with Crippen molar-refractivity contribution in [1.82, 2.24) is 19.9 Å². The van der Waals surface area contributed by atoms with Crippen LogP contribution in [0.1, 0.15) is 37.5 Å². The van der Waals surface area contributed by atoms with E-state index in [9.17, 15) is 9.59 Å². The van der Waals surface area contributed by atoms with Gasteiger partial charge in [-0.3, -0.25) is 14.6 Å². The predicted molar refractivity (Wildman–Crippen MR) is 84.5 cm³/mol. The third kappa shape index (κ3) is 2.76. The van der Waals surface area contributed by atoms with Crippen LogP contribution in [0.5, 0.6) is 0 Å². The zero-order valence-electron chi connectivity index (χ0n) is 12.7. The summed E-state index contributed by atoms with van der Waals surface area (Å²) in [6.45, 7) is 0.751. The van der Waals surface area contributed by atoms with Crippen LogP contribution in [0, 0.1) is 5.92 Å². The van der Waals surface area contributed by atoms with Gasteiger partial charge in [-0.05, 0) is 37.8 Å². The van der Waals surface area contributed by atoms with Gasteiger partial charge in [0.05, 0.1) is 11.7 Å². The zero-order valence-corrected chi connectivity index (χ0v) is 12.7. The summed E-state index contributed by atoms with van der Waals surface area (Å²) in [6, 6.07) is 5.05. The fraction of sp³-hybridized carbons (Fsp3) is 0.412. The number of likely N-dealkylation sites (tertiary alicyclic amines) is 1. The summed E-state index contributed by atoms with van der Waals surface area (Å²) < 4.78 is 0. The molecule has 2 aromatic rings. The number of carbonyl (C=O) groups excluding carboxylic acids is 1. The van der Waals surface area contributed by atoms with E-state index in [0.717, 1.165) is 37.8 Å². The molecule has 2 fully saturated rings. The first-order valence-electron chi connectivity index (χ1n) is 8.04. The van der Waals surface area contributed by atoms with Crippen molar-refractivity contribution >= 4 is 5.91 Å². The van der Waals surface area contributed by atoms with E-state index in [1.54, 1.807) is 12.4 Å². The maximum absolute atomic E-state index is 12.4. The lowest BCUT2D eigenvalue weighted by molar-refractivity contribution is -0.133. The van der Waals surface area contributed by atoms with Gasteiger partial charge >= 0.3 is 0 Å². The van der Waals surface area contributed by atoms with E-state index in [1.807, 2.05) is 17.0 Å². The third-order valence-corrected chi connectivity index (χ3v) is 4.50. The second kappa shape index (κ2) is 5.61. The molecule has 1 amide bonds. The van der Waals surface area contributed by atoms with Crippen molar-refractivity contribution in [2.75, 3.05) is 6.54 Å². The van der Waals surface area contributed by atoms with Gasteiger partial charge in [-0.25, -0.2) is 4.98 Å². The van der Waals surface area contributed by atoms with Crippen molar-refractivity contribution in [1.29, 1.82) is 0 Å². The van der Waals surface area contributed by atoms with Crippen LogP contribution in [0.3, 0.4) is 0 Å². The number of rotatable bonds is 3. The number of carbonyl (C=O) groups is 1. The molecule has 0 radical (unpaired) electrons. The van der Waals surface area contributed by atoms with Crippen molar-refractivity contribution in [3.8, 4) is 11.3 Å². The normalized spacial score (nSPS) is 20.7. The van der Waals surface area contributed by atoms with Gasteiger partial charge in [0.15, 0.2) is 0 Å². The van der Waals surface area contributed by atoms with Crippen molar-refractivity contribution in [2.45, 2.75) is 31.7 Å². The number of aromatic amines is 1. The van der Waals surface area contributed by atoms with Crippen molar-refractivity contribution < 1.29 is 4.79 Å². The maximum atomic E-state index is 12.4. The van der Waals surface area contributed by atoms with Crippen LogP contribution in [-0.4, -0.2) is 32.3 Å². The van der Waals surface area contributed by atoms with E-state index in [2.05, 4.69) is 15.0 Å². The largest absolute Gasteiger partial charge is 0.332 e. The highest BCUT2D eigenvalue weighted by molar-refractivity contribution is 5.81. The Morgan fingerprint density at radius 1 is 1.30 bits per heavy atom. The van der Waals surface area contributed by atoms with E-state index in [0.29, 0.717) is 11.5 Å². The van der Waals surface area contributed by atoms with E-state index >= 15 is 0 Å². The highest BCUT2D eigenvalue weighted by atomic mass is 16.2. The Bertz CT molecular complexity index is 783. The first-order valence-corrected chi connectivity index (χ1v) is 8.04. The lowest BCUT2D eigenvalue weighted by Crippen LogP contribution is -2.33. The number of nitrogens with one attached hydrogen (secondary N) is 1. The number of aromatic nitrogens is 3. The average molecular weight is 310 g/mol. The second-order valence-corrected chi connectivity index (χ2v) is 6.22. The number of hydrogen-bond acceptors (Lipinski definition) is 4. The minimum atomic E-state index is -0.195. The number of pyridine rings is 1. The summed E-state index contributed by atoms with van der Waals surface area (Å²) in [4.78, 5) is 37.9.